The van der Waals surface area contributed by atoms with E-state index in [1.807, 2.05) is 0 Å². The van der Waals surface area contributed by atoms with Gasteiger partial charge in [0.15, 0.2) is 0 Å². The molecule has 0 bridgehead atoms. The van der Waals surface area contributed by atoms with Gasteiger partial charge >= 0.3 is 0 Å². The van der Waals surface area contributed by atoms with E-state index in [0.29, 0.717) is 0 Å². The summed E-state index contributed by atoms with van der Waals surface area (Å²) in [5, 5.41) is 7.34. The number of hydrogen-bond acceptors (Lipinski definition) is 0. The molecule has 0 aliphatic heterocycles. The molecular formula is C25H32Si. The summed E-state index contributed by atoms with van der Waals surface area (Å²) in [6.07, 6.45) is 7.27. The van der Waals surface area contributed by atoms with Gasteiger partial charge in [-0.1, -0.05) is 106 Å². The number of fused-ring (bicyclic) bond motifs is 3. The molecule has 0 saturated carbocycles. The standard InChI is InChI=1S/C25H32Si/c1-6-8-18-24(26(3,4)5)25-22(13-7-2)20-15-10-9-14-19(20)21-16-11-12-17-23(21)25/h9-12,14-18H,6-8,13H2,1-5H3/b24-18-. The molecule has 0 aliphatic carbocycles. The minimum Gasteiger partial charge on any atom is -0.0847 e. The largest absolute Gasteiger partial charge is 0.0847 e. The van der Waals surface area contributed by atoms with E-state index < -0.39 is 8.07 Å². The average Bonchev–Trinajstić information content (AvgIpc) is 2.63. The lowest BCUT2D eigenvalue weighted by Gasteiger charge is -2.27. The summed E-state index contributed by atoms with van der Waals surface area (Å²) in [5.74, 6) is 0. The first kappa shape index (κ1) is 18.9. The molecular weight excluding hydrogens is 328 g/mol. The Morgan fingerprint density at radius 1 is 0.769 bits per heavy atom. The maximum atomic E-state index is 2.56. The summed E-state index contributed by atoms with van der Waals surface area (Å²) in [6, 6.07) is 18.0. The summed E-state index contributed by atoms with van der Waals surface area (Å²) in [7, 11) is -1.47. The molecule has 3 aromatic rings. The Hall–Kier alpha value is -1.86. The number of hydrogen-bond donors (Lipinski definition) is 0. The zero-order valence-corrected chi connectivity index (χ0v) is 18.0. The number of rotatable bonds is 6. The van der Waals surface area contributed by atoms with E-state index in [0.717, 1.165) is 6.42 Å². The molecule has 0 aromatic heterocycles. The van der Waals surface area contributed by atoms with Gasteiger partial charge in [0, 0.05) is 0 Å². The topological polar surface area (TPSA) is 0 Å². The number of benzene rings is 3. The van der Waals surface area contributed by atoms with E-state index in [1.165, 1.54) is 40.8 Å². The molecule has 0 saturated heterocycles. The molecule has 0 heterocycles. The third kappa shape index (κ3) is 3.50. The quantitative estimate of drug-likeness (QED) is 0.308. The van der Waals surface area contributed by atoms with Crippen LogP contribution >= 0.6 is 0 Å². The van der Waals surface area contributed by atoms with Crippen LogP contribution in [0.25, 0.3) is 26.7 Å². The molecule has 0 N–H and O–H groups in total. The molecule has 0 aliphatic rings. The van der Waals surface area contributed by atoms with Gasteiger partial charge in [-0.15, -0.1) is 0 Å². The molecule has 1 heteroatoms. The van der Waals surface area contributed by atoms with Gasteiger partial charge in [-0.2, -0.15) is 0 Å². The summed E-state index contributed by atoms with van der Waals surface area (Å²) >= 11 is 0. The van der Waals surface area contributed by atoms with Crippen molar-refractivity contribution >= 4 is 34.8 Å². The van der Waals surface area contributed by atoms with Crippen LogP contribution < -0.4 is 0 Å². The molecule has 0 nitrogen and oxygen atoms in total. The zero-order chi connectivity index (χ0) is 18.7. The summed E-state index contributed by atoms with van der Waals surface area (Å²) in [5.41, 5.74) is 3.11. The smallest absolute Gasteiger partial charge is 0.0780 e. The van der Waals surface area contributed by atoms with Crippen LogP contribution in [0.5, 0.6) is 0 Å². The molecule has 0 atom stereocenters. The fourth-order valence-corrected chi connectivity index (χ4v) is 5.90. The first-order chi connectivity index (χ1) is 12.5. The fraction of sp³-hybridized carbons (Fsp3) is 0.360. The molecule has 0 spiro atoms. The highest BCUT2D eigenvalue weighted by atomic mass is 28.3. The maximum Gasteiger partial charge on any atom is 0.0780 e. The minimum atomic E-state index is -1.47. The Bertz CT molecular complexity index is 941. The van der Waals surface area contributed by atoms with Crippen molar-refractivity contribution in [2.24, 2.45) is 0 Å². The summed E-state index contributed by atoms with van der Waals surface area (Å²) < 4.78 is 0. The van der Waals surface area contributed by atoms with Crippen LogP contribution in [-0.2, 0) is 6.42 Å². The van der Waals surface area contributed by atoms with Crippen molar-refractivity contribution in [2.75, 3.05) is 0 Å². The second-order valence-electron chi connectivity index (χ2n) is 8.35. The first-order valence-electron chi connectivity index (χ1n) is 10.1. The third-order valence-electron chi connectivity index (χ3n) is 5.26. The first-order valence-corrected chi connectivity index (χ1v) is 13.6. The van der Waals surface area contributed by atoms with Crippen molar-refractivity contribution in [2.45, 2.75) is 59.2 Å². The Labute approximate surface area is 160 Å². The Balaban J connectivity index is 2.50. The maximum absolute atomic E-state index is 2.56. The van der Waals surface area contributed by atoms with Gasteiger partial charge in [0.25, 0.3) is 0 Å². The number of unbranched alkanes of at least 4 members (excludes halogenated alkanes) is 1. The van der Waals surface area contributed by atoms with Crippen molar-refractivity contribution in [3.05, 3.63) is 65.7 Å². The van der Waals surface area contributed by atoms with Gasteiger partial charge in [0.2, 0.25) is 0 Å². The van der Waals surface area contributed by atoms with E-state index in [1.54, 1.807) is 16.3 Å². The van der Waals surface area contributed by atoms with E-state index in [9.17, 15) is 0 Å². The second kappa shape index (κ2) is 7.80. The molecule has 26 heavy (non-hydrogen) atoms. The average molecular weight is 361 g/mol. The van der Waals surface area contributed by atoms with Crippen LogP contribution in [0, 0.1) is 0 Å². The summed E-state index contributed by atoms with van der Waals surface area (Å²) in [4.78, 5) is 0. The van der Waals surface area contributed by atoms with Crippen LogP contribution in [0.2, 0.25) is 19.6 Å². The van der Waals surface area contributed by atoms with Gasteiger partial charge in [-0.25, -0.2) is 0 Å². The van der Waals surface area contributed by atoms with E-state index >= 15 is 0 Å². The molecule has 0 unspecified atom stereocenters. The lowest BCUT2D eigenvalue weighted by atomic mass is 9.89. The van der Waals surface area contributed by atoms with Crippen LogP contribution in [0.3, 0.4) is 0 Å². The molecule has 3 rings (SSSR count). The van der Waals surface area contributed by atoms with Gasteiger partial charge in [-0.3, -0.25) is 0 Å². The fourth-order valence-electron chi connectivity index (χ4n) is 4.10. The van der Waals surface area contributed by atoms with Gasteiger partial charge in [-0.05, 0) is 45.5 Å². The van der Waals surface area contributed by atoms with Crippen molar-refractivity contribution in [3.8, 4) is 0 Å². The van der Waals surface area contributed by atoms with E-state index in [4.69, 9.17) is 0 Å². The van der Waals surface area contributed by atoms with Crippen LogP contribution in [0.4, 0.5) is 0 Å². The monoisotopic (exact) mass is 360 g/mol. The molecule has 0 radical (unpaired) electrons. The van der Waals surface area contributed by atoms with E-state index in [-0.39, 0.29) is 0 Å². The Kier molecular flexibility index (Phi) is 5.67. The number of allylic oxidation sites excluding steroid dienone is 1. The third-order valence-corrected chi connectivity index (χ3v) is 7.33. The number of aryl methyl sites for hydroxylation is 1. The predicted octanol–water partition coefficient (Wildman–Crippen LogP) is 8.01. The van der Waals surface area contributed by atoms with Gasteiger partial charge < -0.3 is 0 Å². The second-order valence-corrected chi connectivity index (χ2v) is 13.4. The van der Waals surface area contributed by atoms with Gasteiger partial charge in [0.05, 0.1) is 8.07 Å². The van der Waals surface area contributed by atoms with Crippen molar-refractivity contribution < 1.29 is 0 Å². The van der Waals surface area contributed by atoms with Crippen molar-refractivity contribution in [1.82, 2.24) is 0 Å². The van der Waals surface area contributed by atoms with Crippen molar-refractivity contribution in [1.29, 1.82) is 0 Å². The minimum absolute atomic E-state index is 1.15. The SMILES string of the molecule is CCC/C=C(/c1c(CCC)c2ccccc2c2ccccc12)[Si](C)(C)C. The van der Waals surface area contributed by atoms with Crippen molar-refractivity contribution in [3.63, 3.8) is 0 Å². The van der Waals surface area contributed by atoms with E-state index in [2.05, 4.69) is 88.1 Å². The Morgan fingerprint density at radius 2 is 1.31 bits per heavy atom. The van der Waals surface area contributed by atoms with Crippen LogP contribution in [0.15, 0.2) is 54.6 Å². The molecule has 0 amide bonds. The van der Waals surface area contributed by atoms with Crippen LogP contribution in [0.1, 0.15) is 44.2 Å². The normalized spacial score (nSPS) is 12.9. The lowest BCUT2D eigenvalue weighted by molar-refractivity contribution is 0.927. The molecule has 136 valence electrons. The predicted molar refractivity (Wildman–Crippen MR) is 122 cm³/mol. The highest BCUT2D eigenvalue weighted by Gasteiger charge is 2.25. The zero-order valence-electron chi connectivity index (χ0n) is 17.0. The molecule has 3 aromatic carbocycles. The summed E-state index contributed by atoms with van der Waals surface area (Å²) in [6.45, 7) is 12.1. The highest BCUT2D eigenvalue weighted by Crippen LogP contribution is 2.40. The van der Waals surface area contributed by atoms with Crippen LogP contribution in [-0.4, -0.2) is 8.07 Å². The molecule has 0 fully saturated rings. The highest BCUT2D eigenvalue weighted by molar-refractivity contribution is 6.94. The lowest BCUT2D eigenvalue weighted by Crippen LogP contribution is -2.24. The Morgan fingerprint density at radius 3 is 1.85 bits per heavy atom. The van der Waals surface area contributed by atoms with Gasteiger partial charge in [0.1, 0.15) is 0 Å².